The van der Waals surface area contributed by atoms with Crippen LogP contribution < -0.4 is 4.74 Å². The summed E-state index contributed by atoms with van der Waals surface area (Å²) >= 11 is 6.39. The van der Waals surface area contributed by atoms with Crippen molar-refractivity contribution in [1.82, 2.24) is 4.90 Å². The second kappa shape index (κ2) is 7.90. The highest BCUT2D eigenvalue weighted by molar-refractivity contribution is 7.15. The van der Waals surface area contributed by atoms with E-state index in [1.807, 2.05) is 0 Å². The molecule has 3 rings (SSSR count). The van der Waals surface area contributed by atoms with Crippen molar-refractivity contribution in [2.75, 3.05) is 0 Å². The van der Waals surface area contributed by atoms with Crippen molar-refractivity contribution in [3.63, 3.8) is 0 Å². The van der Waals surface area contributed by atoms with Gasteiger partial charge in [0, 0.05) is 17.7 Å². The Morgan fingerprint density at radius 1 is 1.29 bits per heavy atom. The van der Waals surface area contributed by atoms with Crippen molar-refractivity contribution < 1.29 is 46.2 Å². The number of halogens is 6. The minimum Gasteiger partial charge on any atom is -0.481 e. The molecule has 13 heteroatoms. The number of hydrogen-bond acceptors (Lipinski definition) is 5. The number of alkyl halides is 5. The highest BCUT2D eigenvalue weighted by Gasteiger charge is 2.61. The summed E-state index contributed by atoms with van der Waals surface area (Å²) in [5, 5.41) is 8.18. The molecule has 1 aliphatic carbocycles. The van der Waals surface area contributed by atoms with Crippen LogP contribution in [0.3, 0.4) is 0 Å². The van der Waals surface area contributed by atoms with Crippen molar-refractivity contribution in [3.8, 4) is 5.06 Å². The summed E-state index contributed by atoms with van der Waals surface area (Å²) < 4.78 is 67.0. The summed E-state index contributed by atoms with van der Waals surface area (Å²) in [5.74, 6) is -2.40. The summed E-state index contributed by atoms with van der Waals surface area (Å²) in [5.41, 5.74) is 0.597. The van der Waals surface area contributed by atoms with Gasteiger partial charge in [-0.25, -0.2) is 0 Å². The number of carbonyl (C=O) groups is 3. The van der Waals surface area contributed by atoms with Crippen LogP contribution in [0, 0.1) is 0 Å². The van der Waals surface area contributed by atoms with Gasteiger partial charge < -0.3 is 14.7 Å². The number of carbonyl (C=O) groups excluding carboxylic acids is 2. The van der Waals surface area contributed by atoms with E-state index in [0.717, 1.165) is 12.1 Å². The standard InChI is InChI=1S/C18H13ClF5NO5S/c1-7-8(6-12(27)28)14-9(2-3-10(26)15(14)19)25(7)16(29)11-4-5-13(31-11)30-18(23,24)17(20,21)22/h4-5,9H,2-3,6H2,1H3,(H,27,28). The lowest BCUT2D eigenvalue weighted by Gasteiger charge is -2.29. The number of amides is 1. The molecule has 0 radical (unpaired) electrons. The van der Waals surface area contributed by atoms with Crippen molar-refractivity contribution in [2.45, 2.75) is 44.5 Å². The number of allylic oxidation sites excluding steroid dienone is 2. The number of rotatable bonds is 5. The Labute approximate surface area is 180 Å². The first-order valence-corrected chi connectivity index (χ1v) is 9.85. The van der Waals surface area contributed by atoms with Gasteiger partial charge in [0.1, 0.15) is 0 Å². The van der Waals surface area contributed by atoms with Gasteiger partial charge >= 0.3 is 18.3 Å². The molecule has 1 amide bonds. The van der Waals surface area contributed by atoms with Crippen LogP contribution in [0.5, 0.6) is 5.06 Å². The van der Waals surface area contributed by atoms with Gasteiger partial charge in [-0.15, -0.1) is 0 Å². The van der Waals surface area contributed by atoms with Gasteiger partial charge in [-0.1, -0.05) is 22.9 Å². The topological polar surface area (TPSA) is 83.9 Å². The lowest BCUT2D eigenvalue weighted by molar-refractivity contribution is -0.359. The molecule has 31 heavy (non-hydrogen) atoms. The molecule has 1 aliphatic heterocycles. The van der Waals surface area contributed by atoms with E-state index in [1.54, 1.807) is 0 Å². The maximum Gasteiger partial charge on any atom is 0.499 e. The Morgan fingerprint density at radius 3 is 2.52 bits per heavy atom. The second-order valence-electron chi connectivity index (χ2n) is 6.75. The smallest absolute Gasteiger partial charge is 0.481 e. The lowest BCUT2D eigenvalue weighted by atomic mass is 9.89. The van der Waals surface area contributed by atoms with Gasteiger partial charge in [-0.05, 0) is 31.1 Å². The average Bonchev–Trinajstić information content (AvgIpc) is 3.19. The van der Waals surface area contributed by atoms with Crippen molar-refractivity contribution in [3.05, 3.63) is 38.9 Å². The summed E-state index contributed by atoms with van der Waals surface area (Å²) in [7, 11) is 0. The third-order valence-corrected chi connectivity index (χ3v) is 6.16. The van der Waals surface area contributed by atoms with E-state index in [9.17, 15) is 41.4 Å². The van der Waals surface area contributed by atoms with Gasteiger partial charge in [0.05, 0.1) is 22.4 Å². The molecular weight excluding hydrogens is 473 g/mol. The molecule has 1 atom stereocenters. The number of nitrogens with zero attached hydrogens (tertiary/aromatic N) is 1. The van der Waals surface area contributed by atoms with Crippen molar-refractivity contribution in [1.29, 1.82) is 0 Å². The molecule has 0 fully saturated rings. The van der Waals surface area contributed by atoms with Crippen molar-refractivity contribution in [2.24, 2.45) is 0 Å². The summed E-state index contributed by atoms with van der Waals surface area (Å²) in [6.07, 6.45) is -11.7. The number of fused-ring (bicyclic) bond motifs is 1. The Bertz CT molecular complexity index is 1030. The Balaban J connectivity index is 1.95. The van der Waals surface area contributed by atoms with Crippen LogP contribution in [0.4, 0.5) is 22.0 Å². The van der Waals surface area contributed by atoms with E-state index < -0.39 is 47.5 Å². The molecular formula is C18H13ClF5NO5S. The molecule has 0 spiro atoms. The Hall–Kier alpha value is -2.47. The van der Waals surface area contributed by atoms with Crippen LogP contribution in [-0.4, -0.2) is 46.0 Å². The maximum atomic E-state index is 13.1. The first kappa shape index (κ1) is 23.2. The Kier molecular flexibility index (Phi) is 5.91. The number of hydrogen-bond donors (Lipinski definition) is 1. The second-order valence-corrected chi connectivity index (χ2v) is 8.17. The molecule has 0 aromatic carbocycles. The molecule has 1 N–H and O–H groups in total. The van der Waals surface area contributed by atoms with Gasteiger partial charge in [0.15, 0.2) is 10.8 Å². The molecule has 2 heterocycles. The fourth-order valence-corrected chi connectivity index (χ4v) is 4.60. The van der Waals surface area contributed by atoms with Crippen LogP contribution in [0.25, 0.3) is 0 Å². The molecule has 0 saturated carbocycles. The largest absolute Gasteiger partial charge is 0.499 e. The average molecular weight is 486 g/mol. The zero-order valence-electron chi connectivity index (χ0n) is 15.6. The van der Waals surface area contributed by atoms with Crippen LogP contribution in [0.2, 0.25) is 0 Å². The normalized spacial score (nSPS) is 19.8. The molecule has 6 nitrogen and oxygen atoms in total. The highest BCUT2D eigenvalue weighted by atomic mass is 35.5. The highest BCUT2D eigenvalue weighted by Crippen LogP contribution is 2.45. The maximum absolute atomic E-state index is 13.1. The molecule has 1 aromatic rings. The molecule has 1 aromatic heterocycles. The summed E-state index contributed by atoms with van der Waals surface area (Å²) in [4.78, 5) is 37.3. The van der Waals surface area contributed by atoms with Gasteiger partial charge in [0.25, 0.3) is 5.91 Å². The van der Waals surface area contributed by atoms with E-state index in [1.165, 1.54) is 11.8 Å². The minimum absolute atomic E-state index is 0.00101. The van der Waals surface area contributed by atoms with E-state index in [2.05, 4.69) is 4.74 Å². The zero-order chi connectivity index (χ0) is 23.3. The van der Waals surface area contributed by atoms with Gasteiger partial charge in [-0.3, -0.25) is 14.4 Å². The number of Topliss-reactive ketones (excluding diaryl/α,β-unsaturated/α-hetero) is 1. The lowest BCUT2D eigenvalue weighted by Crippen LogP contribution is -2.41. The van der Waals surface area contributed by atoms with E-state index in [-0.39, 0.29) is 50.9 Å². The van der Waals surface area contributed by atoms with Gasteiger partial charge in [0.2, 0.25) is 0 Å². The van der Waals surface area contributed by atoms with E-state index in [4.69, 9.17) is 11.6 Å². The number of carboxylic acid groups (broad SMARTS) is 1. The van der Waals surface area contributed by atoms with Crippen molar-refractivity contribution >= 4 is 40.6 Å². The van der Waals surface area contributed by atoms with Crippen LogP contribution in [0.15, 0.2) is 34.0 Å². The van der Waals surface area contributed by atoms with Crippen LogP contribution in [-0.2, 0) is 9.59 Å². The number of carboxylic acids is 1. The third kappa shape index (κ3) is 4.18. The fourth-order valence-electron chi connectivity index (χ4n) is 3.45. The predicted molar refractivity (Wildman–Crippen MR) is 98.0 cm³/mol. The monoisotopic (exact) mass is 485 g/mol. The number of thiophene rings is 1. The SMILES string of the molecule is CC1=C(CC(=O)O)C2=C(Cl)C(=O)CCC2N1C(=O)c1ccc(OC(F)(F)C(F)(F)F)s1. The number of ketones is 1. The third-order valence-electron chi connectivity index (χ3n) is 4.79. The number of aliphatic carboxylic acids is 1. The van der Waals surface area contributed by atoms with E-state index in [0.29, 0.717) is 0 Å². The minimum atomic E-state index is -5.94. The van der Waals surface area contributed by atoms with Crippen LogP contribution in [0.1, 0.15) is 35.9 Å². The molecule has 168 valence electrons. The first-order chi connectivity index (χ1) is 14.2. The molecule has 0 saturated heterocycles. The predicted octanol–water partition coefficient (Wildman–Crippen LogP) is 4.71. The first-order valence-electron chi connectivity index (χ1n) is 8.66. The van der Waals surface area contributed by atoms with Crippen LogP contribution >= 0.6 is 22.9 Å². The van der Waals surface area contributed by atoms with E-state index >= 15 is 0 Å². The number of ether oxygens (including phenoxy) is 1. The fraction of sp³-hybridized carbons (Fsp3) is 0.389. The summed E-state index contributed by atoms with van der Waals surface area (Å²) in [6.45, 7) is 1.44. The quantitative estimate of drug-likeness (QED) is 0.611. The molecule has 0 bridgehead atoms. The molecule has 1 unspecified atom stereocenters. The zero-order valence-corrected chi connectivity index (χ0v) is 17.1. The molecule has 2 aliphatic rings. The Morgan fingerprint density at radius 2 is 1.94 bits per heavy atom. The van der Waals surface area contributed by atoms with Gasteiger partial charge in [-0.2, -0.15) is 22.0 Å². The summed E-state index contributed by atoms with van der Waals surface area (Å²) in [6, 6.07) is 1.07.